The molecule has 2 aromatic heterocycles. The van der Waals surface area contributed by atoms with Crippen LogP contribution in [0.1, 0.15) is 52.8 Å². The van der Waals surface area contributed by atoms with Gasteiger partial charge in [0.2, 0.25) is 10.0 Å². The second-order valence-electron chi connectivity index (χ2n) is 11.7. The summed E-state index contributed by atoms with van der Waals surface area (Å²) in [5.41, 5.74) is -1.04. The van der Waals surface area contributed by atoms with Crippen molar-refractivity contribution in [2.45, 2.75) is 77.3 Å². The first-order valence-corrected chi connectivity index (χ1v) is 15.9. The summed E-state index contributed by atoms with van der Waals surface area (Å²) in [5.74, 6) is -0.778. The SMILES string of the molecule is CC(C)(C)OC(=O)CN(C(=O)OC(C)(C)C)c1ccc(Br)c(CN(Cc2ccc(OC(F)F)cc2)S(=O)(=O)c2cccnc2)n1. The molecule has 0 spiro atoms. The summed E-state index contributed by atoms with van der Waals surface area (Å²) >= 11 is 3.42. The van der Waals surface area contributed by atoms with Gasteiger partial charge in [-0.3, -0.25) is 14.7 Å². The summed E-state index contributed by atoms with van der Waals surface area (Å²) < 4.78 is 69.7. The number of anilines is 1. The number of sulfonamides is 1. The molecule has 1 amide bonds. The highest BCUT2D eigenvalue weighted by Crippen LogP contribution is 2.27. The van der Waals surface area contributed by atoms with E-state index in [0.717, 1.165) is 9.21 Å². The maximum Gasteiger partial charge on any atom is 0.416 e. The van der Waals surface area contributed by atoms with Crippen LogP contribution in [0, 0.1) is 0 Å². The Morgan fingerprint density at radius 2 is 1.58 bits per heavy atom. The van der Waals surface area contributed by atoms with E-state index in [0.29, 0.717) is 10.0 Å². The van der Waals surface area contributed by atoms with Gasteiger partial charge in [-0.25, -0.2) is 18.2 Å². The summed E-state index contributed by atoms with van der Waals surface area (Å²) in [6, 6.07) is 11.4. The molecule has 2 heterocycles. The van der Waals surface area contributed by atoms with E-state index >= 15 is 0 Å². The van der Waals surface area contributed by atoms with Crippen LogP contribution >= 0.6 is 15.9 Å². The Bertz CT molecular complexity index is 1580. The fourth-order valence-electron chi connectivity index (χ4n) is 3.81. The van der Waals surface area contributed by atoms with Crippen molar-refractivity contribution >= 4 is 43.8 Å². The number of carbonyl (C=O) groups excluding carboxylic acids is 2. The number of ether oxygens (including phenoxy) is 3. The molecular formula is C30H35BrF2N4O7S. The molecule has 15 heteroatoms. The second kappa shape index (κ2) is 14.6. The van der Waals surface area contributed by atoms with Crippen molar-refractivity contribution in [1.29, 1.82) is 0 Å². The van der Waals surface area contributed by atoms with Gasteiger partial charge in [0.15, 0.2) is 0 Å². The minimum atomic E-state index is -4.18. The lowest BCUT2D eigenvalue weighted by Gasteiger charge is -2.28. The number of carbonyl (C=O) groups is 2. The number of amides is 1. The summed E-state index contributed by atoms with van der Waals surface area (Å²) in [7, 11) is -4.18. The van der Waals surface area contributed by atoms with Crippen molar-refractivity contribution in [2.24, 2.45) is 0 Å². The number of hydrogen-bond acceptors (Lipinski definition) is 9. The molecule has 0 fully saturated rings. The highest BCUT2D eigenvalue weighted by atomic mass is 79.9. The third kappa shape index (κ3) is 11.0. The van der Waals surface area contributed by atoms with Crippen LogP contribution in [0.15, 0.2) is 70.3 Å². The zero-order valence-electron chi connectivity index (χ0n) is 25.7. The molecule has 0 aliphatic rings. The molecule has 0 unspecified atom stereocenters. The van der Waals surface area contributed by atoms with Crippen LogP contribution < -0.4 is 9.64 Å². The maximum atomic E-state index is 13.8. The van der Waals surface area contributed by atoms with Crippen LogP contribution in [0.4, 0.5) is 19.4 Å². The molecule has 0 atom stereocenters. The van der Waals surface area contributed by atoms with Crippen LogP contribution in [0.25, 0.3) is 0 Å². The molecule has 0 saturated heterocycles. The standard InChI is InChI=1S/C30H35BrF2N4O7S/c1-29(2,3)43-26(38)19-37(28(39)44-30(4,5)6)25-14-13-23(31)24(35-25)18-36(45(40,41)22-8-7-15-34-16-22)17-20-9-11-21(12-10-20)42-27(32)33/h7-16,27H,17-19H2,1-6H3. The average Bonchev–Trinajstić information content (AvgIpc) is 2.92. The topological polar surface area (TPSA) is 128 Å². The molecule has 0 aliphatic heterocycles. The van der Waals surface area contributed by atoms with Gasteiger partial charge in [0, 0.05) is 23.4 Å². The molecule has 3 rings (SSSR count). The van der Waals surface area contributed by atoms with Gasteiger partial charge in [-0.2, -0.15) is 13.1 Å². The molecule has 0 bridgehead atoms. The van der Waals surface area contributed by atoms with Gasteiger partial charge < -0.3 is 14.2 Å². The van der Waals surface area contributed by atoms with E-state index in [1.54, 1.807) is 47.6 Å². The molecule has 45 heavy (non-hydrogen) atoms. The van der Waals surface area contributed by atoms with Crippen LogP contribution in [-0.4, -0.2) is 59.1 Å². The summed E-state index contributed by atoms with van der Waals surface area (Å²) in [4.78, 5) is 35.4. The molecule has 3 aromatic rings. The fraction of sp³-hybridized carbons (Fsp3) is 0.400. The lowest BCUT2D eigenvalue weighted by molar-refractivity contribution is -0.153. The first-order chi connectivity index (χ1) is 20.8. The predicted octanol–water partition coefficient (Wildman–Crippen LogP) is 6.31. The Hall–Kier alpha value is -3.69. The number of alkyl halides is 2. The molecule has 0 aliphatic carbocycles. The lowest BCUT2D eigenvalue weighted by Crippen LogP contribution is -2.42. The Morgan fingerprint density at radius 1 is 0.933 bits per heavy atom. The zero-order chi connectivity index (χ0) is 33.6. The van der Waals surface area contributed by atoms with Gasteiger partial charge in [-0.05, 0) is 99.4 Å². The molecule has 11 nitrogen and oxygen atoms in total. The van der Waals surface area contributed by atoms with E-state index < -0.39 is 46.4 Å². The third-order valence-corrected chi connectivity index (χ3v) is 8.10. The smallest absolute Gasteiger partial charge is 0.416 e. The van der Waals surface area contributed by atoms with Gasteiger partial charge in [-0.1, -0.05) is 12.1 Å². The molecule has 0 radical (unpaired) electrons. The van der Waals surface area contributed by atoms with Crippen molar-refractivity contribution in [1.82, 2.24) is 14.3 Å². The van der Waals surface area contributed by atoms with Gasteiger partial charge >= 0.3 is 18.7 Å². The van der Waals surface area contributed by atoms with Gasteiger partial charge in [0.25, 0.3) is 0 Å². The maximum absolute atomic E-state index is 13.8. The number of nitrogens with zero attached hydrogens (tertiary/aromatic N) is 4. The largest absolute Gasteiger partial charge is 0.459 e. The summed E-state index contributed by atoms with van der Waals surface area (Å²) in [6.07, 6.45) is 1.77. The monoisotopic (exact) mass is 712 g/mol. The van der Waals surface area contributed by atoms with E-state index in [1.165, 1.54) is 54.9 Å². The van der Waals surface area contributed by atoms with Crippen molar-refractivity contribution in [3.63, 3.8) is 0 Å². The molecule has 244 valence electrons. The van der Waals surface area contributed by atoms with E-state index in [4.69, 9.17) is 9.47 Å². The number of aromatic nitrogens is 2. The van der Waals surface area contributed by atoms with Crippen molar-refractivity contribution in [2.75, 3.05) is 11.4 Å². The summed E-state index contributed by atoms with van der Waals surface area (Å²) in [6.45, 7) is 6.07. The third-order valence-electron chi connectivity index (χ3n) is 5.61. The fourth-order valence-corrected chi connectivity index (χ4v) is 5.51. The number of rotatable bonds is 11. The molecule has 0 saturated carbocycles. The zero-order valence-corrected chi connectivity index (χ0v) is 28.1. The van der Waals surface area contributed by atoms with E-state index in [1.807, 2.05) is 0 Å². The van der Waals surface area contributed by atoms with Crippen LogP contribution in [0.3, 0.4) is 0 Å². The quantitative estimate of drug-likeness (QED) is 0.210. The van der Waals surface area contributed by atoms with Crippen LogP contribution in [0.5, 0.6) is 5.75 Å². The second-order valence-corrected chi connectivity index (χ2v) is 14.5. The average molecular weight is 714 g/mol. The lowest BCUT2D eigenvalue weighted by atomic mass is 10.2. The first kappa shape index (κ1) is 35.8. The molecule has 1 aromatic carbocycles. The minimum absolute atomic E-state index is 0.0144. The Kier molecular flexibility index (Phi) is 11.6. The minimum Gasteiger partial charge on any atom is -0.459 e. The number of esters is 1. The van der Waals surface area contributed by atoms with Crippen molar-refractivity contribution in [3.05, 3.63) is 76.7 Å². The Balaban J connectivity index is 2.03. The Morgan fingerprint density at radius 3 is 2.13 bits per heavy atom. The Labute approximate surface area is 269 Å². The van der Waals surface area contributed by atoms with E-state index in [2.05, 4.69) is 30.6 Å². The summed E-state index contributed by atoms with van der Waals surface area (Å²) in [5, 5.41) is 0. The van der Waals surface area contributed by atoms with Gasteiger partial charge in [0.05, 0.1) is 12.2 Å². The van der Waals surface area contributed by atoms with Crippen molar-refractivity contribution < 1.29 is 41.0 Å². The number of hydrogen-bond donors (Lipinski definition) is 0. The van der Waals surface area contributed by atoms with Crippen LogP contribution in [-0.2, 0) is 37.4 Å². The van der Waals surface area contributed by atoms with Gasteiger partial charge in [-0.15, -0.1) is 0 Å². The van der Waals surface area contributed by atoms with Crippen molar-refractivity contribution in [3.8, 4) is 5.75 Å². The van der Waals surface area contributed by atoms with Crippen LogP contribution in [0.2, 0.25) is 0 Å². The van der Waals surface area contributed by atoms with Gasteiger partial charge in [0.1, 0.15) is 34.2 Å². The first-order valence-electron chi connectivity index (χ1n) is 13.7. The van der Waals surface area contributed by atoms with E-state index in [9.17, 15) is 26.8 Å². The predicted molar refractivity (Wildman–Crippen MR) is 165 cm³/mol. The molecular weight excluding hydrogens is 678 g/mol. The highest BCUT2D eigenvalue weighted by Gasteiger charge is 2.31. The number of benzene rings is 1. The highest BCUT2D eigenvalue weighted by molar-refractivity contribution is 9.10. The van der Waals surface area contributed by atoms with E-state index in [-0.39, 0.29) is 35.2 Å². The molecule has 0 N–H and O–H groups in total. The number of halogens is 3. The normalized spacial score (nSPS) is 12.2. The number of pyridine rings is 2.